The Morgan fingerprint density at radius 1 is 1.75 bits per heavy atom. The van der Waals surface area contributed by atoms with E-state index in [9.17, 15) is 4.20 Å². The molecule has 29 valence electrons. The maximum absolute atomic E-state index is 9.88. The van der Waals surface area contributed by atoms with Gasteiger partial charge in [0.15, 0.2) is 0 Å². The molecule has 4 heavy (non-hydrogen) atoms. The Hall–Kier alpha value is 0.943. The summed E-state index contributed by atoms with van der Waals surface area (Å²) in [7, 11) is -1.42. The van der Waals surface area contributed by atoms with Crippen LogP contribution >= 0.6 is 9.12 Å². The Labute approximate surface area is 38.3 Å². The molecule has 1 nitrogen and oxygen atoms in total. The zero-order valence-corrected chi connectivity index (χ0v) is 4.30. The summed E-state index contributed by atoms with van der Waals surface area (Å²) in [6.45, 7) is 0. The maximum Gasteiger partial charge on any atom is 0.203 e. The molecule has 0 saturated heterocycles. The van der Waals surface area contributed by atoms with Gasteiger partial charge in [0.05, 0.1) is 0 Å². The van der Waals surface area contributed by atoms with E-state index in [1.54, 1.807) is 0 Å². The summed E-state index contributed by atoms with van der Waals surface area (Å²) in [5.41, 5.74) is 0. The molecule has 4 heteroatoms. The summed E-state index contributed by atoms with van der Waals surface area (Å²) in [5, 5.41) is 0. The average molecular weight is 171 g/mol. The van der Waals surface area contributed by atoms with Crippen LogP contribution < -0.4 is 0 Å². The van der Waals surface area contributed by atoms with Crippen molar-refractivity contribution in [3.8, 4) is 0 Å². The predicted octanol–water partition coefficient (Wildman–Crippen LogP) is 0.454. The molecule has 0 spiro atoms. The topological polar surface area (TPSA) is 20.2 Å². The van der Waals surface area contributed by atoms with Crippen LogP contribution in [0.3, 0.4) is 0 Å². The number of halogens is 1. The number of rotatable bonds is 0. The van der Waals surface area contributed by atoms with Gasteiger partial charge in [0, 0.05) is 19.5 Å². The first-order chi connectivity index (χ1) is 1.41. The second-order valence-electron chi connectivity index (χ2n) is 0.0845. The molecule has 0 heterocycles. The molecule has 0 amide bonds. The van der Waals surface area contributed by atoms with Crippen LogP contribution in [0.2, 0.25) is 0 Å². The molecule has 0 aromatic carbocycles. The molecule has 0 saturated carbocycles. The van der Waals surface area contributed by atoms with Gasteiger partial charge in [0.2, 0.25) is 9.12 Å². The van der Waals surface area contributed by atoms with Crippen LogP contribution in [-0.2, 0) is 19.5 Å². The van der Waals surface area contributed by atoms with E-state index in [4.69, 9.17) is 4.89 Å². The Bertz CT molecular complexity index is 8.00. The van der Waals surface area contributed by atoms with E-state index in [0.717, 1.165) is 0 Å². The molecular weight excluding hydrogens is 169 g/mol. The van der Waals surface area contributed by atoms with Gasteiger partial charge in [-0.25, -0.2) is 0 Å². The fourth-order valence-corrected chi connectivity index (χ4v) is 0. The fraction of sp³-hybridized carbons (Fsp3) is 0. The second-order valence-corrected chi connectivity index (χ2v) is 0.254. The SMILES string of the molecule is OPF.[Rh]. The van der Waals surface area contributed by atoms with E-state index in [0.29, 0.717) is 0 Å². The summed E-state index contributed by atoms with van der Waals surface area (Å²) in [6, 6.07) is 0. The minimum absolute atomic E-state index is 0. The van der Waals surface area contributed by atoms with Crippen molar-refractivity contribution in [1.29, 1.82) is 0 Å². The summed E-state index contributed by atoms with van der Waals surface area (Å²) < 4.78 is 9.88. The van der Waals surface area contributed by atoms with E-state index in [1.807, 2.05) is 0 Å². The largest absolute Gasteiger partial charge is 0.348 e. The van der Waals surface area contributed by atoms with Gasteiger partial charge in [-0.3, -0.25) is 0 Å². The van der Waals surface area contributed by atoms with Gasteiger partial charge >= 0.3 is 0 Å². The fourth-order valence-electron chi connectivity index (χ4n) is 0. The monoisotopic (exact) mass is 171 g/mol. The quantitative estimate of drug-likeness (QED) is 0.414. The van der Waals surface area contributed by atoms with Crippen molar-refractivity contribution in [2.75, 3.05) is 0 Å². The van der Waals surface area contributed by atoms with E-state index < -0.39 is 9.12 Å². The van der Waals surface area contributed by atoms with Crippen molar-refractivity contribution >= 4 is 9.12 Å². The smallest absolute Gasteiger partial charge is 0.203 e. The van der Waals surface area contributed by atoms with Crippen LogP contribution in [-0.4, -0.2) is 4.89 Å². The van der Waals surface area contributed by atoms with Crippen molar-refractivity contribution < 1.29 is 28.6 Å². The Kier molecular flexibility index (Phi) is 20.1. The zero-order valence-electron chi connectivity index (χ0n) is 1.66. The molecule has 1 unspecified atom stereocenters. The summed E-state index contributed by atoms with van der Waals surface area (Å²) in [6.07, 6.45) is 0. The van der Waals surface area contributed by atoms with Gasteiger partial charge in [0.1, 0.15) is 0 Å². The molecule has 1 atom stereocenters. The number of hydrogen-bond acceptors (Lipinski definition) is 1. The molecule has 0 bridgehead atoms. The van der Waals surface area contributed by atoms with Crippen molar-refractivity contribution in [1.82, 2.24) is 0 Å². The molecule has 0 aliphatic carbocycles. The molecule has 0 aromatic heterocycles. The van der Waals surface area contributed by atoms with Gasteiger partial charge in [-0.1, -0.05) is 0 Å². The van der Waals surface area contributed by atoms with E-state index in [1.165, 1.54) is 0 Å². The van der Waals surface area contributed by atoms with Crippen LogP contribution in [0.5, 0.6) is 0 Å². The van der Waals surface area contributed by atoms with Crippen molar-refractivity contribution in [2.24, 2.45) is 0 Å². The van der Waals surface area contributed by atoms with Crippen molar-refractivity contribution in [3.63, 3.8) is 0 Å². The molecular formula is H2FOPRh. The first kappa shape index (κ1) is 8.87. The third-order valence-corrected chi connectivity index (χ3v) is 0. The minimum atomic E-state index is -1.42. The van der Waals surface area contributed by atoms with Gasteiger partial charge in [-0.2, -0.15) is 4.20 Å². The molecule has 0 aliphatic heterocycles. The normalized spacial score (nSPS) is 7.50. The summed E-state index contributed by atoms with van der Waals surface area (Å²) >= 11 is 0. The van der Waals surface area contributed by atoms with Gasteiger partial charge in [0.25, 0.3) is 0 Å². The average Bonchev–Trinajstić information content (AvgIpc) is 0.918. The summed E-state index contributed by atoms with van der Waals surface area (Å²) in [5.74, 6) is 0. The maximum atomic E-state index is 9.88. The third kappa shape index (κ3) is 12.5. The van der Waals surface area contributed by atoms with Crippen molar-refractivity contribution in [3.05, 3.63) is 0 Å². The standard InChI is InChI=1S/FH2OP.Rh/c1-3-2;/h2-3H;. The third-order valence-electron chi connectivity index (χ3n) is 0. The van der Waals surface area contributed by atoms with Gasteiger partial charge in [-0.05, 0) is 0 Å². The van der Waals surface area contributed by atoms with E-state index >= 15 is 0 Å². The van der Waals surface area contributed by atoms with Crippen LogP contribution in [0, 0.1) is 0 Å². The van der Waals surface area contributed by atoms with Crippen LogP contribution in [0.15, 0.2) is 0 Å². The number of hydrogen-bond donors (Lipinski definition) is 1. The second kappa shape index (κ2) is 9.05. The molecule has 0 fully saturated rings. The molecule has 1 N–H and O–H groups in total. The van der Waals surface area contributed by atoms with Crippen LogP contribution in [0.1, 0.15) is 0 Å². The molecule has 0 aromatic rings. The Balaban J connectivity index is 0. The van der Waals surface area contributed by atoms with Crippen LogP contribution in [0.25, 0.3) is 0 Å². The molecule has 0 aliphatic rings. The first-order valence-electron chi connectivity index (χ1n) is 0.413. The molecule has 0 rings (SSSR count). The van der Waals surface area contributed by atoms with E-state index in [2.05, 4.69) is 0 Å². The van der Waals surface area contributed by atoms with E-state index in [-0.39, 0.29) is 19.5 Å². The van der Waals surface area contributed by atoms with Crippen molar-refractivity contribution in [2.45, 2.75) is 0 Å². The van der Waals surface area contributed by atoms with Gasteiger partial charge < -0.3 is 4.89 Å². The van der Waals surface area contributed by atoms with Crippen LogP contribution in [0.4, 0.5) is 4.20 Å². The van der Waals surface area contributed by atoms with Gasteiger partial charge in [-0.15, -0.1) is 0 Å². The molecule has 1 radical (unpaired) electrons. The Morgan fingerprint density at radius 3 is 1.75 bits per heavy atom. The summed E-state index contributed by atoms with van der Waals surface area (Å²) in [4.78, 5) is 6.93. The Morgan fingerprint density at radius 2 is 1.75 bits per heavy atom. The first-order valence-corrected chi connectivity index (χ1v) is 1.24. The zero-order chi connectivity index (χ0) is 2.71. The predicted molar refractivity (Wildman–Crippen MR) is 11.6 cm³/mol. The minimum Gasteiger partial charge on any atom is -0.348 e.